The first kappa shape index (κ1) is 18.8. The van der Waals surface area contributed by atoms with Gasteiger partial charge >= 0.3 is 6.03 Å². The van der Waals surface area contributed by atoms with E-state index < -0.39 is 0 Å². The number of hydrogen-bond donors (Lipinski definition) is 3. The number of carbonyl (C=O) groups is 2. The fourth-order valence-corrected chi connectivity index (χ4v) is 2.56. The van der Waals surface area contributed by atoms with Gasteiger partial charge in [0, 0.05) is 17.4 Å². The van der Waals surface area contributed by atoms with Crippen LogP contribution in [0, 0.1) is 13.8 Å². The Morgan fingerprint density at radius 1 is 1.00 bits per heavy atom. The van der Waals surface area contributed by atoms with Crippen molar-refractivity contribution >= 4 is 23.3 Å². The molecule has 6 heteroatoms. The van der Waals surface area contributed by atoms with Gasteiger partial charge < -0.3 is 20.7 Å². The highest BCUT2D eigenvalue weighted by Crippen LogP contribution is 2.20. The molecule has 0 saturated heterocycles. The molecule has 0 atom stereocenters. The van der Waals surface area contributed by atoms with Crippen LogP contribution in [0.15, 0.2) is 42.5 Å². The number of amides is 3. The van der Waals surface area contributed by atoms with E-state index in [1.807, 2.05) is 32.0 Å². The number of carbonyl (C=O) groups excluding carboxylic acids is 2. The number of anilines is 2. The van der Waals surface area contributed by atoms with E-state index in [4.69, 9.17) is 4.74 Å². The van der Waals surface area contributed by atoms with Crippen molar-refractivity contribution in [3.63, 3.8) is 0 Å². The third-order valence-electron chi connectivity index (χ3n) is 4.27. The van der Waals surface area contributed by atoms with Crippen LogP contribution in [0.1, 0.15) is 30.4 Å². The summed E-state index contributed by atoms with van der Waals surface area (Å²) in [5.41, 5.74) is 3.54. The van der Waals surface area contributed by atoms with Crippen LogP contribution in [0.5, 0.6) is 5.75 Å². The van der Waals surface area contributed by atoms with Crippen LogP contribution in [0.4, 0.5) is 16.2 Å². The highest BCUT2D eigenvalue weighted by molar-refractivity contribution is 5.92. The molecule has 0 spiro atoms. The largest absolute Gasteiger partial charge is 0.493 e. The summed E-state index contributed by atoms with van der Waals surface area (Å²) in [5.74, 6) is 0.690. The van der Waals surface area contributed by atoms with Gasteiger partial charge in [0.2, 0.25) is 5.91 Å². The normalized spacial score (nSPS) is 13.0. The van der Waals surface area contributed by atoms with Gasteiger partial charge in [-0.2, -0.15) is 0 Å². The van der Waals surface area contributed by atoms with Gasteiger partial charge in [0.25, 0.3) is 0 Å². The first-order chi connectivity index (χ1) is 13.0. The molecule has 0 heterocycles. The number of rotatable bonds is 7. The minimum absolute atomic E-state index is 0.118. The maximum absolute atomic E-state index is 12.1. The molecule has 2 aromatic rings. The van der Waals surface area contributed by atoms with Crippen molar-refractivity contribution in [2.24, 2.45) is 0 Å². The van der Waals surface area contributed by atoms with E-state index in [0.717, 1.165) is 29.7 Å². The van der Waals surface area contributed by atoms with Gasteiger partial charge in [-0.15, -0.1) is 0 Å². The third-order valence-corrected chi connectivity index (χ3v) is 4.27. The number of hydrogen-bond acceptors (Lipinski definition) is 3. The lowest BCUT2D eigenvalue weighted by atomic mass is 10.1. The van der Waals surface area contributed by atoms with E-state index in [2.05, 4.69) is 16.0 Å². The Hall–Kier alpha value is -3.02. The van der Waals surface area contributed by atoms with Crippen molar-refractivity contribution in [2.75, 3.05) is 17.2 Å². The summed E-state index contributed by atoms with van der Waals surface area (Å²) >= 11 is 0. The highest BCUT2D eigenvalue weighted by atomic mass is 16.5. The summed E-state index contributed by atoms with van der Waals surface area (Å²) in [4.78, 5) is 23.8. The second-order valence-electron chi connectivity index (χ2n) is 6.87. The monoisotopic (exact) mass is 367 g/mol. The first-order valence-electron chi connectivity index (χ1n) is 9.17. The Bertz CT molecular complexity index is 814. The summed E-state index contributed by atoms with van der Waals surface area (Å²) in [6.45, 7) is 4.31. The van der Waals surface area contributed by atoms with Gasteiger partial charge in [0.05, 0.1) is 13.0 Å². The molecule has 3 amide bonds. The molecule has 142 valence electrons. The van der Waals surface area contributed by atoms with E-state index in [1.54, 1.807) is 24.3 Å². The molecule has 3 rings (SSSR count). The molecule has 2 aromatic carbocycles. The van der Waals surface area contributed by atoms with Gasteiger partial charge in [-0.1, -0.05) is 12.1 Å². The zero-order valence-electron chi connectivity index (χ0n) is 15.7. The van der Waals surface area contributed by atoms with Crippen molar-refractivity contribution in [3.8, 4) is 5.75 Å². The van der Waals surface area contributed by atoms with Crippen LogP contribution in [-0.2, 0) is 4.79 Å². The quantitative estimate of drug-likeness (QED) is 0.692. The zero-order valence-corrected chi connectivity index (χ0v) is 15.7. The summed E-state index contributed by atoms with van der Waals surface area (Å²) in [6.07, 6.45) is 2.36. The SMILES string of the molecule is Cc1ccc(C)c(OCCC(=O)Nc2ccc(NC(=O)NC3CC3)cc2)c1. The third kappa shape index (κ3) is 6.02. The Balaban J connectivity index is 1.42. The van der Waals surface area contributed by atoms with Crippen molar-refractivity contribution in [1.29, 1.82) is 0 Å². The van der Waals surface area contributed by atoms with Crippen LogP contribution in [-0.4, -0.2) is 24.6 Å². The fraction of sp³-hybridized carbons (Fsp3) is 0.333. The van der Waals surface area contributed by atoms with E-state index in [0.29, 0.717) is 24.0 Å². The summed E-state index contributed by atoms with van der Waals surface area (Å²) < 4.78 is 5.71. The molecular formula is C21H25N3O3. The predicted octanol–water partition coefficient (Wildman–Crippen LogP) is 3.99. The fourth-order valence-electron chi connectivity index (χ4n) is 2.56. The number of benzene rings is 2. The first-order valence-corrected chi connectivity index (χ1v) is 9.17. The smallest absolute Gasteiger partial charge is 0.319 e. The minimum atomic E-state index is -0.196. The highest BCUT2D eigenvalue weighted by Gasteiger charge is 2.23. The van der Waals surface area contributed by atoms with Crippen LogP contribution >= 0.6 is 0 Å². The molecular weight excluding hydrogens is 342 g/mol. The van der Waals surface area contributed by atoms with Crippen LogP contribution < -0.4 is 20.7 Å². The van der Waals surface area contributed by atoms with Gasteiger partial charge in [-0.05, 0) is 68.1 Å². The molecule has 27 heavy (non-hydrogen) atoms. The van der Waals surface area contributed by atoms with Gasteiger partial charge in [-0.25, -0.2) is 4.79 Å². The molecule has 1 aliphatic rings. The van der Waals surface area contributed by atoms with Gasteiger partial charge in [-0.3, -0.25) is 4.79 Å². The molecule has 1 saturated carbocycles. The zero-order chi connectivity index (χ0) is 19.2. The standard InChI is InChI=1S/C21H25N3O3/c1-14-3-4-15(2)19(13-14)27-12-11-20(25)22-16-5-7-17(8-6-16)23-21(26)24-18-9-10-18/h3-8,13,18H,9-12H2,1-2H3,(H,22,25)(H2,23,24,26). The summed E-state index contributed by atoms with van der Waals surface area (Å²) in [5, 5.41) is 8.46. The number of ether oxygens (including phenoxy) is 1. The molecule has 0 aliphatic heterocycles. The van der Waals surface area contributed by atoms with E-state index >= 15 is 0 Å². The Labute approximate surface area is 159 Å². The molecule has 3 N–H and O–H groups in total. The van der Waals surface area contributed by atoms with Crippen molar-refractivity contribution < 1.29 is 14.3 Å². The number of urea groups is 1. The number of aryl methyl sites for hydroxylation is 2. The van der Waals surface area contributed by atoms with Crippen molar-refractivity contribution in [3.05, 3.63) is 53.6 Å². The lowest BCUT2D eigenvalue weighted by Gasteiger charge is -2.11. The summed E-state index contributed by atoms with van der Waals surface area (Å²) in [6, 6.07) is 13.2. The van der Waals surface area contributed by atoms with E-state index in [-0.39, 0.29) is 18.4 Å². The average Bonchev–Trinajstić information content (AvgIpc) is 3.43. The minimum Gasteiger partial charge on any atom is -0.493 e. The van der Waals surface area contributed by atoms with Gasteiger partial charge in [0.1, 0.15) is 5.75 Å². The molecule has 6 nitrogen and oxygen atoms in total. The maximum atomic E-state index is 12.1. The predicted molar refractivity (Wildman–Crippen MR) is 106 cm³/mol. The molecule has 0 radical (unpaired) electrons. The second kappa shape index (κ2) is 8.58. The second-order valence-corrected chi connectivity index (χ2v) is 6.87. The molecule has 0 aromatic heterocycles. The maximum Gasteiger partial charge on any atom is 0.319 e. The lowest BCUT2D eigenvalue weighted by molar-refractivity contribution is -0.116. The molecule has 1 fully saturated rings. The molecule has 0 bridgehead atoms. The lowest BCUT2D eigenvalue weighted by Crippen LogP contribution is -2.30. The van der Waals surface area contributed by atoms with Crippen LogP contribution in [0.3, 0.4) is 0 Å². The molecule has 1 aliphatic carbocycles. The van der Waals surface area contributed by atoms with Gasteiger partial charge in [0.15, 0.2) is 0 Å². The average molecular weight is 367 g/mol. The topological polar surface area (TPSA) is 79.5 Å². The van der Waals surface area contributed by atoms with E-state index in [1.165, 1.54) is 0 Å². The van der Waals surface area contributed by atoms with Crippen LogP contribution in [0.2, 0.25) is 0 Å². The van der Waals surface area contributed by atoms with E-state index in [9.17, 15) is 9.59 Å². The van der Waals surface area contributed by atoms with Crippen LogP contribution in [0.25, 0.3) is 0 Å². The Morgan fingerprint density at radius 2 is 1.67 bits per heavy atom. The Morgan fingerprint density at radius 3 is 2.33 bits per heavy atom. The molecule has 0 unspecified atom stereocenters. The summed E-state index contributed by atoms with van der Waals surface area (Å²) in [7, 11) is 0. The van der Waals surface area contributed by atoms with Crippen molar-refractivity contribution in [2.45, 2.75) is 39.2 Å². The van der Waals surface area contributed by atoms with Crippen molar-refractivity contribution in [1.82, 2.24) is 5.32 Å². The Kier molecular flexibility index (Phi) is 5.96. The number of nitrogens with one attached hydrogen (secondary N) is 3.